The summed E-state index contributed by atoms with van der Waals surface area (Å²) in [5.41, 5.74) is 7.76. The SMILES string of the molecule is O=c1n(-c2ccc(N(c3ccccc3)c3ccccc3)cc2)ccn1-c1ccc(N(c2ccccc2)c2ccccc2)cc1. The molecule has 5 nitrogen and oxygen atoms in total. The molecule has 0 radical (unpaired) electrons. The molecule has 7 aromatic rings. The standard InChI is InChI=1S/C39H30N4O/c44-39-40(31-21-25-37(26-22-31)42(33-13-5-1-6-14-33)34-15-7-2-8-16-34)29-30-41(39)32-23-27-38(28-24-32)43(35-17-9-3-10-18-35)36-19-11-4-12-20-36/h1-30H. The zero-order chi connectivity index (χ0) is 29.7. The Kier molecular flexibility index (Phi) is 7.33. The highest BCUT2D eigenvalue weighted by atomic mass is 16.1. The topological polar surface area (TPSA) is 33.4 Å². The molecule has 0 fully saturated rings. The molecule has 7 rings (SSSR count). The zero-order valence-electron chi connectivity index (χ0n) is 24.0. The molecule has 0 aliphatic heterocycles. The first-order chi connectivity index (χ1) is 21.8. The van der Waals surface area contributed by atoms with Crippen molar-refractivity contribution in [2.45, 2.75) is 0 Å². The van der Waals surface area contributed by atoms with Gasteiger partial charge >= 0.3 is 5.69 Å². The fraction of sp³-hybridized carbons (Fsp3) is 0. The molecule has 0 aliphatic rings. The normalized spacial score (nSPS) is 10.8. The Bertz CT molecular complexity index is 1770. The maximum absolute atomic E-state index is 13.6. The van der Waals surface area contributed by atoms with Gasteiger partial charge in [-0.3, -0.25) is 9.13 Å². The van der Waals surface area contributed by atoms with Crippen LogP contribution in [-0.4, -0.2) is 9.13 Å². The van der Waals surface area contributed by atoms with Gasteiger partial charge in [0.1, 0.15) is 0 Å². The molecule has 0 bridgehead atoms. The average molecular weight is 571 g/mol. The third kappa shape index (κ3) is 5.30. The first-order valence-electron chi connectivity index (χ1n) is 14.6. The van der Waals surface area contributed by atoms with E-state index in [1.807, 2.05) is 109 Å². The number of rotatable bonds is 8. The lowest BCUT2D eigenvalue weighted by molar-refractivity contribution is 0.909. The first kappa shape index (κ1) is 26.8. The molecule has 1 aromatic heterocycles. The number of hydrogen-bond acceptors (Lipinski definition) is 3. The second-order valence-electron chi connectivity index (χ2n) is 10.4. The summed E-state index contributed by atoms with van der Waals surface area (Å²) in [6, 6.07) is 57.3. The van der Waals surface area contributed by atoms with Crippen LogP contribution in [0.4, 0.5) is 34.1 Å². The molecule has 0 aliphatic carbocycles. The van der Waals surface area contributed by atoms with Crippen molar-refractivity contribution in [1.29, 1.82) is 0 Å². The molecule has 6 aromatic carbocycles. The number of benzene rings is 6. The summed E-state index contributed by atoms with van der Waals surface area (Å²) in [6.45, 7) is 0. The molecule has 1 heterocycles. The summed E-state index contributed by atoms with van der Waals surface area (Å²) >= 11 is 0. The lowest BCUT2D eigenvalue weighted by Crippen LogP contribution is -2.21. The number of anilines is 6. The van der Waals surface area contributed by atoms with Gasteiger partial charge in [-0.25, -0.2) is 4.79 Å². The van der Waals surface area contributed by atoms with E-state index < -0.39 is 0 Å². The van der Waals surface area contributed by atoms with Crippen LogP contribution in [0.2, 0.25) is 0 Å². The fourth-order valence-corrected chi connectivity index (χ4v) is 5.50. The molecule has 0 saturated carbocycles. The Hall–Kier alpha value is -6.07. The molecule has 0 amide bonds. The van der Waals surface area contributed by atoms with Crippen molar-refractivity contribution in [3.63, 3.8) is 0 Å². The van der Waals surface area contributed by atoms with Crippen molar-refractivity contribution in [3.05, 3.63) is 193 Å². The summed E-state index contributed by atoms with van der Waals surface area (Å²) in [6.07, 6.45) is 3.63. The number of aromatic nitrogens is 2. The van der Waals surface area contributed by atoms with Crippen molar-refractivity contribution >= 4 is 34.1 Å². The Morgan fingerprint density at radius 1 is 0.318 bits per heavy atom. The molecular formula is C39H30N4O. The Morgan fingerprint density at radius 3 is 0.841 bits per heavy atom. The maximum atomic E-state index is 13.6. The third-order valence-electron chi connectivity index (χ3n) is 7.61. The molecule has 0 saturated heterocycles. The van der Waals surface area contributed by atoms with Crippen molar-refractivity contribution in [2.24, 2.45) is 0 Å². The smallest absolute Gasteiger partial charge is 0.311 e. The molecule has 0 N–H and O–H groups in total. The molecule has 44 heavy (non-hydrogen) atoms. The number of hydrogen-bond donors (Lipinski definition) is 0. The highest BCUT2D eigenvalue weighted by Gasteiger charge is 2.15. The zero-order valence-corrected chi connectivity index (χ0v) is 24.0. The van der Waals surface area contributed by atoms with E-state index in [4.69, 9.17) is 0 Å². The van der Waals surface area contributed by atoms with E-state index in [0.717, 1.165) is 45.5 Å². The number of para-hydroxylation sites is 4. The van der Waals surface area contributed by atoms with E-state index in [1.165, 1.54) is 0 Å². The predicted molar refractivity (Wildman–Crippen MR) is 181 cm³/mol. The van der Waals surface area contributed by atoms with E-state index >= 15 is 0 Å². The van der Waals surface area contributed by atoms with Crippen LogP contribution in [0.15, 0.2) is 187 Å². The van der Waals surface area contributed by atoms with Gasteiger partial charge in [-0.15, -0.1) is 0 Å². The average Bonchev–Trinajstić information content (AvgIpc) is 3.48. The summed E-state index contributed by atoms with van der Waals surface area (Å²) < 4.78 is 3.35. The van der Waals surface area contributed by atoms with Crippen molar-refractivity contribution < 1.29 is 0 Å². The largest absolute Gasteiger partial charge is 0.337 e. The van der Waals surface area contributed by atoms with Crippen LogP contribution in [-0.2, 0) is 0 Å². The minimum atomic E-state index is -0.128. The van der Waals surface area contributed by atoms with E-state index in [9.17, 15) is 4.79 Å². The quantitative estimate of drug-likeness (QED) is 0.182. The third-order valence-corrected chi connectivity index (χ3v) is 7.61. The highest BCUT2D eigenvalue weighted by Crippen LogP contribution is 2.35. The number of imidazole rings is 1. The second kappa shape index (κ2) is 12.0. The van der Waals surface area contributed by atoms with Crippen molar-refractivity contribution in [2.75, 3.05) is 9.80 Å². The predicted octanol–water partition coefficient (Wildman–Crippen LogP) is 9.57. The van der Waals surface area contributed by atoms with Gasteiger partial charge in [0.25, 0.3) is 0 Å². The highest BCUT2D eigenvalue weighted by molar-refractivity contribution is 5.78. The van der Waals surface area contributed by atoms with Gasteiger partial charge < -0.3 is 9.80 Å². The van der Waals surface area contributed by atoms with Crippen LogP contribution >= 0.6 is 0 Å². The van der Waals surface area contributed by atoms with Gasteiger partial charge in [-0.1, -0.05) is 72.8 Å². The van der Waals surface area contributed by atoms with E-state index in [1.54, 1.807) is 9.13 Å². The Morgan fingerprint density at radius 2 is 0.568 bits per heavy atom. The summed E-state index contributed by atoms with van der Waals surface area (Å²) in [4.78, 5) is 18.0. The van der Waals surface area contributed by atoms with Crippen LogP contribution in [0, 0.1) is 0 Å². The monoisotopic (exact) mass is 570 g/mol. The van der Waals surface area contributed by atoms with Crippen LogP contribution in [0.5, 0.6) is 0 Å². The van der Waals surface area contributed by atoms with Crippen LogP contribution in [0.3, 0.4) is 0 Å². The second-order valence-corrected chi connectivity index (χ2v) is 10.4. The molecular weight excluding hydrogens is 540 g/mol. The fourth-order valence-electron chi connectivity index (χ4n) is 5.50. The van der Waals surface area contributed by atoms with Gasteiger partial charge in [0, 0.05) is 46.5 Å². The molecule has 0 unspecified atom stereocenters. The first-order valence-corrected chi connectivity index (χ1v) is 14.6. The maximum Gasteiger partial charge on any atom is 0.337 e. The summed E-state index contributed by atoms with van der Waals surface area (Å²) in [5.74, 6) is 0. The Labute approximate surface area is 256 Å². The van der Waals surface area contributed by atoms with E-state index in [0.29, 0.717) is 0 Å². The molecule has 5 heteroatoms. The summed E-state index contributed by atoms with van der Waals surface area (Å²) in [5, 5.41) is 0. The van der Waals surface area contributed by atoms with E-state index in [2.05, 4.69) is 82.6 Å². The lowest BCUT2D eigenvalue weighted by Gasteiger charge is -2.25. The minimum absolute atomic E-state index is 0.128. The van der Waals surface area contributed by atoms with Gasteiger partial charge in [0.2, 0.25) is 0 Å². The Balaban J connectivity index is 1.18. The molecule has 0 spiro atoms. The molecule has 0 atom stereocenters. The van der Waals surface area contributed by atoms with Crippen LogP contribution in [0.25, 0.3) is 11.4 Å². The summed E-state index contributed by atoms with van der Waals surface area (Å²) in [7, 11) is 0. The van der Waals surface area contributed by atoms with Crippen LogP contribution < -0.4 is 15.5 Å². The van der Waals surface area contributed by atoms with Gasteiger partial charge in [-0.05, 0) is 97.1 Å². The van der Waals surface area contributed by atoms with E-state index in [-0.39, 0.29) is 5.69 Å². The van der Waals surface area contributed by atoms with Crippen LogP contribution in [0.1, 0.15) is 0 Å². The van der Waals surface area contributed by atoms with Gasteiger partial charge in [0.05, 0.1) is 11.4 Å². The van der Waals surface area contributed by atoms with Crippen molar-refractivity contribution in [1.82, 2.24) is 9.13 Å². The van der Waals surface area contributed by atoms with Gasteiger partial charge in [-0.2, -0.15) is 0 Å². The minimum Gasteiger partial charge on any atom is -0.311 e. The van der Waals surface area contributed by atoms with Crippen molar-refractivity contribution in [3.8, 4) is 11.4 Å². The molecule has 212 valence electrons. The number of nitrogens with zero attached hydrogens (tertiary/aromatic N) is 4. The lowest BCUT2D eigenvalue weighted by atomic mass is 10.2. The van der Waals surface area contributed by atoms with Gasteiger partial charge in [0.15, 0.2) is 0 Å².